The average Bonchev–Trinajstić information content (AvgIpc) is 2.65. The van der Waals surface area contributed by atoms with Crippen molar-refractivity contribution in [1.29, 1.82) is 0 Å². The number of rotatable bonds is 3. The summed E-state index contributed by atoms with van der Waals surface area (Å²) >= 11 is 0. The van der Waals surface area contributed by atoms with E-state index in [1.165, 1.54) is 0 Å². The van der Waals surface area contributed by atoms with Crippen molar-refractivity contribution < 1.29 is 14.6 Å². The van der Waals surface area contributed by atoms with E-state index >= 15 is 0 Å². The van der Waals surface area contributed by atoms with E-state index in [4.69, 9.17) is 9.84 Å². The number of benzene rings is 1. The molecule has 1 aromatic rings. The van der Waals surface area contributed by atoms with Gasteiger partial charge in [-0.25, -0.2) is 0 Å². The Kier molecular flexibility index (Phi) is 2.90. The molecule has 4 nitrogen and oxygen atoms in total. The topological polar surface area (TPSA) is 58.9 Å². The van der Waals surface area contributed by atoms with Gasteiger partial charge in [-0.2, -0.15) is 0 Å². The summed E-state index contributed by atoms with van der Waals surface area (Å²) in [5.41, 5.74) is 2.21. The summed E-state index contributed by atoms with van der Waals surface area (Å²) in [7, 11) is 0. The van der Waals surface area contributed by atoms with Crippen molar-refractivity contribution in [3.8, 4) is 0 Å². The van der Waals surface area contributed by atoms with Gasteiger partial charge >= 0.3 is 5.97 Å². The second kappa shape index (κ2) is 4.35. The fourth-order valence-corrected chi connectivity index (χ4v) is 1.69. The molecule has 1 unspecified atom stereocenters. The smallest absolute Gasteiger partial charge is 0.312 e. The molecule has 0 spiro atoms. The molecule has 1 aliphatic rings. The number of ether oxygens (including phenoxy) is 1. The Bertz CT molecular complexity index is 440. The van der Waals surface area contributed by atoms with Gasteiger partial charge in [-0.1, -0.05) is 29.8 Å². The summed E-state index contributed by atoms with van der Waals surface area (Å²) in [6, 6.07) is 7.97. The van der Waals surface area contributed by atoms with Gasteiger partial charge in [0.05, 0.1) is 6.54 Å². The van der Waals surface area contributed by atoms with Gasteiger partial charge < -0.3 is 9.84 Å². The van der Waals surface area contributed by atoms with Crippen molar-refractivity contribution >= 4 is 11.9 Å². The third-order valence-corrected chi connectivity index (χ3v) is 2.43. The Morgan fingerprint density at radius 1 is 1.62 bits per heavy atom. The van der Waals surface area contributed by atoms with Crippen LogP contribution in [-0.2, 0) is 9.53 Å². The molecule has 0 saturated carbocycles. The van der Waals surface area contributed by atoms with Crippen LogP contribution >= 0.6 is 0 Å². The lowest BCUT2D eigenvalue weighted by atomic mass is 10.1. The summed E-state index contributed by atoms with van der Waals surface area (Å²) in [5.74, 6) is -0.595. The molecule has 1 atom stereocenters. The quantitative estimate of drug-likeness (QED) is 0.845. The van der Waals surface area contributed by atoms with E-state index in [9.17, 15) is 4.79 Å². The molecule has 1 N–H and O–H groups in total. The molecule has 0 radical (unpaired) electrons. The fraction of sp³-hybridized carbons (Fsp3) is 0.333. The zero-order valence-corrected chi connectivity index (χ0v) is 9.01. The number of carboxylic acids is 1. The maximum absolute atomic E-state index is 10.5. The van der Waals surface area contributed by atoms with E-state index in [-0.39, 0.29) is 12.5 Å². The van der Waals surface area contributed by atoms with Crippen LogP contribution in [0.1, 0.15) is 23.7 Å². The lowest BCUT2D eigenvalue weighted by molar-refractivity contribution is -0.135. The van der Waals surface area contributed by atoms with E-state index in [2.05, 4.69) is 4.99 Å². The average molecular weight is 219 g/mol. The van der Waals surface area contributed by atoms with Crippen LogP contribution in [-0.4, -0.2) is 23.5 Å². The largest absolute Gasteiger partial charge is 0.481 e. The van der Waals surface area contributed by atoms with Gasteiger partial charge in [0.1, 0.15) is 12.5 Å². The van der Waals surface area contributed by atoms with Crippen LogP contribution in [0.2, 0.25) is 0 Å². The van der Waals surface area contributed by atoms with Crippen LogP contribution in [0.4, 0.5) is 0 Å². The van der Waals surface area contributed by atoms with E-state index in [0.717, 1.165) is 11.1 Å². The number of hydrogen-bond acceptors (Lipinski definition) is 3. The first-order chi connectivity index (χ1) is 7.65. The van der Waals surface area contributed by atoms with E-state index in [0.29, 0.717) is 12.4 Å². The molecule has 0 saturated heterocycles. The zero-order valence-electron chi connectivity index (χ0n) is 9.01. The molecule has 1 aromatic carbocycles. The molecule has 0 fully saturated rings. The van der Waals surface area contributed by atoms with Gasteiger partial charge in [0.2, 0.25) is 0 Å². The van der Waals surface area contributed by atoms with Crippen LogP contribution in [0.5, 0.6) is 0 Å². The van der Waals surface area contributed by atoms with Gasteiger partial charge in [-0.05, 0) is 12.5 Å². The minimum Gasteiger partial charge on any atom is -0.481 e. The lowest BCUT2D eigenvalue weighted by Gasteiger charge is -2.11. The number of carboxylic acid groups (broad SMARTS) is 1. The highest BCUT2D eigenvalue weighted by Crippen LogP contribution is 2.24. The lowest BCUT2D eigenvalue weighted by Crippen LogP contribution is -2.09. The van der Waals surface area contributed by atoms with Crippen LogP contribution in [0, 0.1) is 6.92 Å². The Labute approximate surface area is 93.6 Å². The Balaban J connectivity index is 2.03. The van der Waals surface area contributed by atoms with Gasteiger partial charge in [0.15, 0.2) is 5.90 Å². The number of hydrogen-bond donors (Lipinski definition) is 1. The van der Waals surface area contributed by atoms with Crippen LogP contribution in [0.25, 0.3) is 0 Å². The summed E-state index contributed by atoms with van der Waals surface area (Å²) in [4.78, 5) is 14.6. The first kappa shape index (κ1) is 10.7. The highest BCUT2D eigenvalue weighted by molar-refractivity contribution is 5.94. The minimum absolute atomic E-state index is 0.130. The van der Waals surface area contributed by atoms with Gasteiger partial charge in [0.25, 0.3) is 0 Å². The number of aliphatic carboxylic acids is 1. The second-order valence-corrected chi connectivity index (χ2v) is 3.83. The van der Waals surface area contributed by atoms with Crippen molar-refractivity contribution in [3.63, 3.8) is 0 Å². The van der Waals surface area contributed by atoms with Crippen LogP contribution in [0.15, 0.2) is 29.3 Å². The molecule has 16 heavy (non-hydrogen) atoms. The molecule has 84 valence electrons. The number of aliphatic imine (C=N–C) groups is 1. The van der Waals surface area contributed by atoms with Crippen molar-refractivity contribution in [2.45, 2.75) is 19.4 Å². The summed E-state index contributed by atoms with van der Waals surface area (Å²) in [6.45, 7) is 2.52. The van der Waals surface area contributed by atoms with Crippen molar-refractivity contribution in [2.75, 3.05) is 6.54 Å². The minimum atomic E-state index is -0.913. The number of aryl methyl sites for hydroxylation is 1. The predicted molar refractivity (Wildman–Crippen MR) is 59.6 cm³/mol. The third kappa shape index (κ3) is 2.39. The summed E-state index contributed by atoms with van der Waals surface area (Å²) in [6.07, 6.45) is -0.267. The van der Waals surface area contributed by atoms with Crippen LogP contribution in [0.3, 0.4) is 0 Å². The molecule has 2 rings (SSSR count). The molecule has 0 amide bonds. The molecule has 4 heteroatoms. The molecule has 0 aliphatic carbocycles. The van der Waals surface area contributed by atoms with E-state index < -0.39 is 5.97 Å². The van der Waals surface area contributed by atoms with Crippen molar-refractivity contribution in [1.82, 2.24) is 0 Å². The Morgan fingerprint density at radius 3 is 3.12 bits per heavy atom. The SMILES string of the molecule is Cc1cccc(C2CN=C(CC(=O)O)O2)c1. The van der Waals surface area contributed by atoms with Gasteiger partial charge in [-0.3, -0.25) is 9.79 Å². The first-order valence-electron chi connectivity index (χ1n) is 5.13. The molecule has 0 bridgehead atoms. The maximum atomic E-state index is 10.5. The molecule has 1 aliphatic heterocycles. The highest BCUT2D eigenvalue weighted by atomic mass is 16.5. The zero-order chi connectivity index (χ0) is 11.5. The number of nitrogens with zero attached hydrogens (tertiary/aromatic N) is 1. The number of carbonyl (C=O) groups is 1. The van der Waals surface area contributed by atoms with Gasteiger partial charge in [-0.15, -0.1) is 0 Å². The normalized spacial score (nSPS) is 19.1. The Morgan fingerprint density at radius 2 is 2.44 bits per heavy atom. The second-order valence-electron chi connectivity index (χ2n) is 3.83. The van der Waals surface area contributed by atoms with Gasteiger partial charge in [0, 0.05) is 0 Å². The van der Waals surface area contributed by atoms with Crippen molar-refractivity contribution in [3.05, 3.63) is 35.4 Å². The van der Waals surface area contributed by atoms with E-state index in [1.807, 2.05) is 31.2 Å². The third-order valence-electron chi connectivity index (χ3n) is 2.43. The predicted octanol–water partition coefficient (Wildman–Crippen LogP) is 1.94. The van der Waals surface area contributed by atoms with Crippen LogP contribution < -0.4 is 0 Å². The Hall–Kier alpha value is -1.84. The summed E-state index contributed by atoms with van der Waals surface area (Å²) in [5, 5.41) is 8.61. The molecular formula is C12H13NO3. The van der Waals surface area contributed by atoms with E-state index in [1.54, 1.807) is 0 Å². The highest BCUT2D eigenvalue weighted by Gasteiger charge is 2.22. The maximum Gasteiger partial charge on any atom is 0.312 e. The molecule has 1 heterocycles. The molecular weight excluding hydrogens is 206 g/mol. The first-order valence-corrected chi connectivity index (χ1v) is 5.13. The monoisotopic (exact) mass is 219 g/mol. The fourth-order valence-electron chi connectivity index (χ4n) is 1.69. The summed E-state index contributed by atoms with van der Waals surface area (Å²) < 4.78 is 5.48. The molecule has 0 aromatic heterocycles. The van der Waals surface area contributed by atoms with Crippen molar-refractivity contribution in [2.24, 2.45) is 4.99 Å². The standard InChI is InChI=1S/C12H13NO3/c1-8-3-2-4-9(5-8)10-7-13-11(16-10)6-12(14)15/h2-5,10H,6-7H2,1H3,(H,14,15).